The van der Waals surface area contributed by atoms with Crippen LogP contribution in [0, 0.1) is 13.5 Å². The van der Waals surface area contributed by atoms with Gasteiger partial charge in [0.15, 0.2) is 6.10 Å². The fourth-order valence-corrected chi connectivity index (χ4v) is 6.03. The summed E-state index contributed by atoms with van der Waals surface area (Å²) in [4.78, 5) is 30.4. The van der Waals surface area contributed by atoms with Gasteiger partial charge in [-0.25, -0.2) is 23.6 Å². The number of piperazine rings is 1. The summed E-state index contributed by atoms with van der Waals surface area (Å²) in [6, 6.07) is 13.6. The number of halogens is 2. The molecular formula is C33H37F2N7O4. The van der Waals surface area contributed by atoms with Crippen LogP contribution in [0.25, 0.3) is 16.1 Å². The first kappa shape index (κ1) is 31.6. The van der Waals surface area contributed by atoms with Gasteiger partial charge in [0.1, 0.15) is 11.9 Å². The Morgan fingerprint density at radius 2 is 1.89 bits per heavy atom. The first-order valence-electron chi connectivity index (χ1n) is 15.4. The molecule has 0 aliphatic carbocycles. The van der Waals surface area contributed by atoms with Gasteiger partial charge in [-0.1, -0.05) is 0 Å². The molecule has 3 aliphatic heterocycles. The van der Waals surface area contributed by atoms with Gasteiger partial charge in [0.25, 0.3) is 5.91 Å². The highest BCUT2D eigenvalue weighted by molar-refractivity contribution is 5.80. The third-order valence-electron chi connectivity index (χ3n) is 8.77. The summed E-state index contributed by atoms with van der Waals surface area (Å²) in [7, 11) is 0. The van der Waals surface area contributed by atoms with Gasteiger partial charge in [-0.05, 0) is 67.4 Å². The Hall–Kier alpha value is -4.38. The molecule has 3 saturated heterocycles. The second-order valence-corrected chi connectivity index (χ2v) is 12.0. The molecule has 46 heavy (non-hydrogen) atoms. The van der Waals surface area contributed by atoms with Crippen molar-refractivity contribution in [3.63, 3.8) is 0 Å². The molecule has 0 saturated carbocycles. The Morgan fingerprint density at radius 3 is 2.52 bits per heavy atom. The van der Waals surface area contributed by atoms with Gasteiger partial charge in [0.2, 0.25) is 11.6 Å². The predicted molar refractivity (Wildman–Crippen MR) is 169 cm³/mol. The number of likely N-dealkylation sites (tertiary alicyclic amines) is 1. The van der Waals surface area contributed by atoms with Gasteiger partial charge in [-0.2, -0.15) is 0 Å². The van der Waals surface area contributed by atoms with Crippen molar-refractivity contribution in [2.24, 2.45) is 0 Å². The maximum absolute atomic E-state index is 15.0. The van der Waals surface area contributed by atoms with Crippen LogP contribution in [0.3, 0.4) is 0 Å². The monoisotopic (exact) mass is 633 g/mol. The van der Waals surface area contributed by atoms with Crippen LogP contribution in [0.5, 0.6) is 5.75 Å². The lowest BCUT2D eigenvalue weighted by Crippen LogP contribution is -2.56. The zero-order valence-corrected chi connectivity index (χ0v) is 25.8. The smallest absolute Gasteiger partial charge is 0.301 e. The van der Waals surface area contributed by atoms with Gasteiger partial charge < -0.3 is 29.7 Å². The molecule has 3 aromatic rings. The Morgan fingerprint density at radius 1 is 1.15 bits per heavy atom. The van der Waals surface area contributed by atoms with Crippen molar-refractivity contribution in [1.82, 2.24) is 19.8 Å². The van der Waals surface area contributed by atoms with Crippen LogP contribution in [0.4, 0.5) is 31.8 Å². The SMILES string of the molecule is [C-]#[N+]c1cc(-c2ccnc(Nc3ccc(N4CCN(C5COC5)CC4)cc3)n2)c(C)cc1OC1CCN(C(=O)[C@H](C)O)CC1(F)F. The number of aliphatic hydroxyl groups is 1. The number of rotatable bonds is 8. The molecule has 4 heterocycles. The second kappa shape index (κ2) is 13.2. The van der Waals surface area contributed by atoms with Crippen LogP contribution in [-0.2, 0) is 9.53 Å². The van der Waals surface area contributed by atoms with Crippen molar-refractivity contribution in [2.75, 3.05) is 62.7 Å². The molecule has 2 atom stereocenters. The van der Waals surface area contributed by atoms with Crippen molar-refractivity contribution in [2.45, 2.75) is 44.4 Å². The Bertz CT molecular complexity index is 1600. The third-order valence-corrected chi connectivity index (χ3v) is 8.77. The minimum absolute atomic E-state index is 0.0153. The van der Waals surface area contributed by atoms with E-state index in [-0.39, 0.29) is 24.4 Å². The first-order valence-corrected chi connectivity index (χ1v) is 15.4. The maximum Gasteiger partial charge on any atom is 0.301 e. The molecule has 0 bridgehead atoms. The molecule has 1 unspecified atom stereocenters. The Kier molecular flexibility index (Phi) is 9.04. The Balaban J connectivity index is 1.12. The van der Waals surface area contributed by atoms with Crippen molar-refractivity contribution in [3.05, 3.63) is 65.6 Å². The highest BCUT2D eigenvalue weighted by Crippen LogP contribution is 2.39. The van der Waals surface area contributed by atoms with E-state index in [1.165, 1.54) is 6.92 Å². The number of hydrogen-bond acceptors (Lipinski definition) is 9. The van der Waals surface area contributed by atoms with E-state index in [1.807, 2.05) is 12.1 Å². The summed E-state index contributed by atoms with van der Waals surface area (Å²) < 4.78 is 41.0. The topological polar surface area (TPSA) is 108 Å². The van der Waals surface area contributed by atoms with Crippen molar-refractivity contribution in [1.29, 1.82) is 0 Å². The van der Waals surface area contributed by atoms with Gasteiger partial charge in [0.05, 0.1) is 38.1 Å². The molecule has 3 aliphatic rings. The van der Waals surface area contributed by atoms with E-state index in [4.69, 9.17) is 16.0 Å². The molecular weight excluding hydrogens is 596 g/mol. The number of ether oxygens (including phenoxy) is 2. The van der Waals surface area contributed by atoms with E-state index >= 15 is 0 Å². The highest BCUT2D eigenvalue weighted by atomic mass is 19.3. The van der Waals surface area contributed by atoms with E-state index in [0.717, 1.165) is 55.7 Å². The fourth-order valence-electron chi connectivity index (χ4n) is 6.03. The van der Waals surface area contributed by atoms with Crippen LogP contribution in [-0.4, -0.2) is 107 Å². The minimum Gasteiger partial charge on any atom is -0.495 e. The number of anilines is 3. The lowest BCUT2D eigenvalue weighted by Gasteiger charge is -2.43. The predicted octanol–water partition coefficient (Wildman–Crippen LogP) is 4.26. The van der Waals surface area contributed by atoms with Crippen molar-refractivity contribution in [3.8, 4) is 17.0 Å². The van der Waals surface area contributed by atoms with Crippen LogP contribution >= 0.6 is 0 Å². The molecule has 242 valence electrons. The molecule has 13 heteroatoms. The zero-order chi connectivity index (χ0) is 32.4. The molecule has 0 spiro atoms. The standard InChI is InChI=1S/C33H37F2N7O4/c1-21-16-29(46-30-9-11-42(20-33(30,34)35)31(44)22(2)43)28(36-3)17-26(21)27-8-10-37-32(39-27)38-23-4-6-24(7-5-23)40-12-14-41(15-13-40)25-18-45-19-25/h4-8,10,16-17,22,25,30,43H,9,11-15,18-20H2,1-2H3,(H,37,38,39)/t22-,30?/m0/s1. The van der Waals surface area contributed by atoms with Crippen LogP contribution in [0.1, 0.15) is 18.9 Å². The molecule has 1 amide bonds. The number of benzene rings is 2. The number of nitrogens with one attached hydrogen (secondary N) is 1. The normalized spacial score (nSPS) is 20.8. The van der Waals surface area contributed by atoms with Gasteiger partial charge in [-0.3, -0.25) is 9.69 Å². The van der Waals surface area contributed by atoms with Gasteiger partial charge >= 0.3 is 5.92 Å². The molecule has 1 aromatic heterocycles. The quantitative estimate of drug-likeness (QED) is 0.352. The van der Waals surface area contributed by atoms with E-state index in [2.05, 4.69) is 42.1 Å². The lowest BCUT2D eigenvalue weighted by molar-refractivity contribution is -0.165. The fraction of sp³-hybridized carbons (Fsp3) is 0.455. The summed E-state index contributed by atoms with van der Waals surface area (Å²) >= 11 is 0. The largest absolute Gasteiger partial charge is 0.495 e. The van der Waals surface area contributed by atoms with Crippen molar-refractivity contribution >= 4 is 28.9 Å². The van der Waals surface area contributed by atoms with Crippen molar-refractivity contribution < 1.29 is 28.2 Å². The number of aromatic nitrogens is 2. The summed E-state index contributed by atoms with van der Waals surface area (Å²) in [5.74, 6) is -3.69. The summed E-state index contributed by atoms with van der Waals surface area (Å²) in [6.45, 7) is 15.6. The van der Waals surface area contributed by atoms with E-state index < -0.39 is 30.6 Å². The number of hydrogen-bond donors (Lipinski definition) is 2. The summed E-state index contributed by atoms with van der Waals surface area (Å²) in [6.07, 6.45) is -1.40. The number of piperidine rings is 1. The molecule has 2 N–H and O–H groups in total. The van der Waals surface area contributed by atoms with E-state index in [0.29, 0.717) is 28.8 Å². The molecule has 3 fully saturated rings. The molecule has 11 nitrogen and oxygen atoms in total. The van der Waals surface area contributed by atoms with Gasteiger partial charge in [-0.15, -0.1) is 0 Å². The van der Waals surface area contributed by atoms with Crippen LogP contribution in [0.15, 0.2) is 48.7 Å². The minimum atomic E-state index is -3.36. The first-order chi connectivity index (χ1) is 22.1. The number of amides is 1. The molecule has 0 radical (unpaired) electrons. The molecule has 6 rings (SSSR count). The lowest BCUT2D eigenvalue weighted by atomic mass is 10.0. The number of carbonyl (C=O) groups is 1. The van der Waals surface area contributed by atoms with E-state index in [9.17, 15) is 18.7 Å². The zero-order valence-electron chi connectivity index (χ0n) is 25.8. The number of carbonyl (C=O) groups excluding carboxylic acids is 1. The second-order valence-electron chi connectivity index (χ2n) is 12.0. The highest BCUT2D eigenvalue weighted by Gasteiger charge is 2.48. The maximum atomic E-state index is 15.0. The molecule has 2 aromatic carbocycles. The number of aliphatic hydroxyl groups excluding tert-OH is 1. The average molecular weight is 634 g/mol. The van der Waals surface area contributed by atoms with Crippen LogP contribution < -0.4 is 15.0 Å². The summed E-state index contributed by atoms with van der Waals surface area (Å²) in [5, 5.41) is 12.8. The summed E-state index contributed by atoms with van der Waals surface area (Å²) in [5.41, 5.74) is 3.96. The number of nitrogens with zero attached hydrogens (tertiary/aromatic N) is 6. The number of alkyl halides is 2. The van der Waals surface area contributed by atoms with Crippen LogP contribution in [0.2, 0.25) is 0 Å². The number of aryl methyl sites for hydroxylation is 1. The van der Waals surface area contributed by atoms with E-state index in [1.54, 1.807) is 31.3 Å². The Labute approximate surface area is 266 Å². The van der Waals surface area contributed by atoms with Gasteiger partial charge in [0, 0.05) is 56.7 Å². The third kappa shape index (κ3) is 6.74. The average Bonchev–Trinajstić information content (AvgIpc) is 3.01.